The predicted molar refractivity (Wildman–Crippen MR) is 83.5 cm³/mol. The van der Waals surface area contributed by atoms with Crippen LogP contribution in [0.25, 0.3) is 0 Å². The summed E-state index contributed by atoms with van der Waals surface area (Å²) >= 11 is 1.37. The number of rotatable bonds is 7. The lowest BCUT2D eigenvalue weighted by Gasteiger charge is -2.29. The van der Waals surface area contributed by atoms with Crippen LogP contribution in [0.5, 0.6) is 0 Å². The van der Waals surface area contributed by atoms with Gasteiger partial charge in [-0.05, 0) is 30.9 Å². The van der Waals surface area contributed by atoms with Crippen LogP contribution in [0.3, 0.4) is 0 Å². The summed E-state index contributed by atoms with van der Waals surface area (Å²) in [6.45, 7) is 5.54. The van der Waals surface area contributed by atoms with E-state index in [1.54, 1.807) is 13.1 Å². The van der Waals surface area contributed by atoms with Crippen molar-refractivity contribution < 1.29 is 8.42 Å². The standard InChI is InChI=1S/C14H24N2O2S2/c1-11(2)15-9-13-7-8-14(19-13)20(17,18)16(3)10-12-5-4-6-12/h7-8,11-12,15H,4-6,9-10H2,1-3H3. The van der Waals surface area contributed by atoms with Crippen molar-refractivity contribution in [2.75, 3.05) is 13.6 Å². The Morgan fingerprint density at radius 1 is 1.40 bits per heavy atom. The van der Waals surface area contributed by atoms with Crippen LogP contribution in [0.2, 0.25) is 0 Å². The molecule has 4 nitrogen and oxygen atoms in total. The lowest BCUT2D eigenvalue weighted by molar-refractivity contribution is 0.263. The van der Waals surface area contributed by atoms with Gasteiger partial charge in [-0.3, -0.25) is 0 Å². The van der Waals surface area contributed by atoms with Gasteiger partial charge in [0.15, 0.2) is 0 Å². The summed E-state index contributed by atoms with van der Waals surface area (Å²) in [4.78, 5) is 1.06. The highest BCUT2D eigenvalue weighted by Gasteiger charge is 2.27. The summed E-state index contributed by atoms with van der Waals surface area (Å²) in [6, 6.07) is 4.04. The molecule has 20 heavy (non-hydrogen) atoms. The summed E-state index contributed by atoms with van der Waals surface area (Å²) in [6.07, 6.45) is 3.56. The summed E-state index contributed by atoms with van der Waals surface area (Å²) in [5.74, 6) is 0.553. The average Bonchev–Trinajstić information content (AvgIpc) is 2.80. The van der Waals surface area contributed by atoms with Crippen molar-refractivity contribution in [3.8, 4) is 0 Å². The Morgan fingerprint density at radius 2 is 2.10 bits per heavy atom. The number of sulfonamides is 1. The van der Waals surface area contributed by atoms with E-state index in [-0.39, 0.29) is 0 Å². The van der Waals surface area contributed by atoms with Crippen molar-refractivity contribution in [1.82, 2.24) is 9.62 Å². The second-order valence-electron chi connectivity index (χ2n) is 5.84. The minimum atomic E-state index is -3.30. The van der Waals surface area contributed by atoms with Crippen LogP contribution < -0.4 is 5.32 Å². The Bertz CT molecular complexity index is 533. The normalized spacial score (nSPS) is 16.9. The number of hydrogen-bond acceptors (Lipinski definition) is 4. The van der Waals surface area contributed by atoms with E-state index in [2.05, 4.69) is 19.2 Å². The molecule has 1 saturated carbocycles. The van der Waals surface area contributed by atoms with Crippen LogP contribution in [-0.4, -0.2) is 32.4 Å². The number of nitrogens with one attached hydrogen (secondary N) is 1. The molecule has 1 aromatic heterocycles. The van der Waals surface area contributed by atoms with Gasteiger partial charge >= 0.3 is 0 Å². The molecule has 0 atom stereocenters. The Morgan fingerprint density at radius 3 is 2.65 bits per heavy atom. The van der Waals surface area contributed by atoms with Gasteiger partial charge in [-0.2, -0.15) is 4.31 Å². The van der Waals surface area contributed by atoms with Crippen molar-refractivity contribution in [2.24, 2.45) is 5.92 Å². The van der Waals surface area contributed by atoms with Gasteiger partial charge in [0.2, 0.25) is 0 Å². The van der Waals surface area contributed by atoms with E-state index in [4.69, 9.17) is 0 Å². The highest BCUT2D eigenvalue weighted by molar-refractivity contribution is 7.91. The van der Waals surface area contributed by atoms with Gasteiger partial charge in [0, 0.05) is 31.1 Å². The van der Waals surface area contributed by atoms with E-state index in [1.165, 1.54) is 22.1 Å². The zero-order valence-electron chi connectivity index (χ0n) is 12.4. The highest BCUT2D eigenvalue weighted by atomic mass is 32.2. The maximum Gasteiger partial charge on any atom is 0.252 e. The largest absolute Gasteiger partial charge is 0.310 e. The van der Waals surface area contributed by atoms with Crippen molar-refractivity contribution >= 4 is 21.4 Å². The van der Waals surface area contributed by atoms with Gasteiger partial charge in [-0.1, -0.05) is 20.3 Å². The molecule has 0 saturated heterocycles. The lowest BCUT2D eigenvalue weighted by Crippen LogP contribution is -2.33. The average molecular weight is 316 g/mol. The molecule has 1 heterocycles. The smallest absolute Gasteiger partial charge is 0.252 e. The maximum absolute atomic E-state index is 12.5. The Kier molecular flexibility index (Phi) is 5.23. The molecular formula is C14H24N2O2S2. The minimum absolute atomic E-state index is 0.401. The molecule has 2 rings (SSSR count). The second-order valence-corrected chi connectivity index (χ2v) is 9.28. The third-order valence-electron chi connectivity index (χ3n) is 3.73. The van der Waals surface area contributed by atoms with Crippen molar-refractivity contribution in [3.05, 3.63) is 17.0 Å². The molecule has 0 radical (unpaired) electrons. The highest BCUT2D eigenvalue weighted by Crippen LogP contribution is 2.30. The summed E-state index contributed by atoms with van der Waals surface area (Å²) in [7, 11) is -1.61. The first-order chi connectivity index (χ1) is 9.39. The van der Waals surface area contributed by atoms with Gasteiger partial charge < -0.3 is 5.32 Å². The maximum atomic E-state index is 12.5. The third-order valence-corrected chi connectivity index (χ3v) is 7.10. The molecule has 114 valence electrons. The summed E-state index contributed by atoms with van der Waals surface area (Å²) in [5, 5.41) is 3.31. The summed E-state index contributed by atoms with van der Waals surface area (Å²) in [5.41, 5.74) is 0. The first kappa shape index (κ1) is 15.9. The fraction of sp³-hybridized carbons (Fsp3) is 0.714. The Hall–Kier alpha value is -0.430. The molecule has 0 aromatic carbocycles. The third kappa shape index (κ3) is 3.81. The van der Waals surface area contributed by atoms with Gasteiger partial charge in [-0.15, -0.1) is 11.3 Å². The van der Waals surface area contributed by atoms with Crippen molar-refractivity contribution in [1.29, 1.82) is 0 Å². The Balaban J connectivity index is 2.01. The topological polar surface area (TPSA) is 49.4 Å². The first-order valence-corrected chi connectivity index (χ1v) is 9.43. The van der Waals surface area contributed by atoms with E-state index in [0.29, 0.717) is 22.7 Å². The van der Waals surface area contributed by atoms with Crippen LogP contribution >= 0.6 is 11.3 Å². The first-order valence-electron chi connectivity index (χ1n) is 7.18. The molecule has 1 fully saturated rings. The van der Waals surface area contributed by atoms with Crippen LogP contribution in [-0.2, 0) is 16.6 Å². The monoisotopic (exact) mass is 316 g/mol. The molecule has 1 aliphatic carbocycles. The molecule has 1 aliphatic rings. The molecule has 0 spiro atoms. The molecule has 0 amide bonds. The molecule has 1 aromatic rings. The lowest BCUT2D eigenvalue weighted by atomic mass is 9.86. The van der Waals surface area contributed by atoms with Crippen molar-refractivity contribution in [2.45, 2.75) is 49.9 Å². The van der Waals surface area contributed by atoms with Gasteiger partial charge in [0.05, 0.1) is 0 Å². The second kappa shape index (κ2) is 6.56. The van der Waals surface area contributed by atoms with Crippen LogP contribution in [0, 0.1) is 5.92 Å². The van der Waals surface area contributed by atoms with Gasteiger partial charge in [0.25, 0.3) is 10.0 Å². The number of thiophene rings is 1. The SMILES string of the molecule is CC(C)NCc1ccc(S(=O)(=O)N(C)CC2CCC2)s1. The van der Waals surface area contributed by atoms with E-state index in [1.807, 2.05) is 6.07 Å². The van der Waals surface area contributed by atoms with E-state index in [0.717, 1.165) is 24.3 Å². The van der Waals surface area contributed by atoms with E-state index in [9.17, 15) is 8.42 Å². The number of nitrogens with zero attached hydrogens (tertiary/aromatic N) is 1. The fourth-order valence-electron chi connectivity index (χ4n) is 2.19. The quantitative estimate of drug-likeness (QED) is 0.841. The van der Waals surface area contributed by atoms with Gasteiger partial charge in [-0.25, -0.2) is 8.42 Å². The predicted octanol–water partition coefficient (Wildman–Crippen LogP) is 2.67. The van der Waals surface area contributed by atoms with Gasteiger partial charge in [0.1, 0.15) is 4.21 Å². The molecule has 0 bridgehead atoms. The molecule has 0 unspecified atom stereocenters. The van der Waals surface area contributed by atoms with Crippen LogP contribution in [0.15, 0.2) is 16.3 Å². The van der Waals surface area contributed by atoms with Crippen LogP contribution in [0.1, 0.15) is 38.0 Å². The molecule has 1 N–H and O–H groups in total. The Labute approximate surface area is 126 Å². The summed E-state index contributed by atoms with van der Waals surface area (Å²) < 4.78 is 26.9. The van der Waals surface area contributed by atoms with E-state index >= 15 is 0 Å². The molecular weight excluding hydrogens is 292 g/mol. The fourth-order valence-corrected chi connectivity index (χ4v) is 4.95. The number of hydrogen-bond donors (Lipinski definition) is 1. The molecule has 6 heteroatoms. The van der Waals surface area contributed by atoms with Crippen LogP contribution in [0.4, 0.5) is 0 Å². The zero-order chi connectivity index (χ0) is 14.8. The molecule has 0 aliphatic heterocycles. The zero-order valence-corrected chi connectivity index (χ0v) is 14.1. The minimum Gasteiger partial charge on any atom is -0.310 e. The van der Waals surface area contributed by atoms with E-state index < -0.39 is 10.0 Å². The van der Waals surface area contributed by atoms with Crippen molar-refractivity contribution in [3.63, 3.8) is 0 Å².